The van der Waals surface area contributed by atoms with E-state index in [1.54, 1.807) is 24.1 Å². The summed E-state index contributed by atoms with van der Waals surface area (Å²) in [7, 11) is 2.84. The number of thiocarbonyl (C=S) groups is 1. The number of anilines is 1. The van der Waals surface area contributed by atoms with Gasteiger partial charge in [-0.05, 0) is 60.6 Å². The second kappa shape index (κ2) is 8.57. The van der Waals surface area contributed by atoms with Gasteiger partial charge in [0.1, 0.15) is 5.75 Å². The summed E-state index contributed by atoms with van der Waals surface area (Å²) >= 11 is 5.55. The second-order valence-electron chi connectivity index (χ2n) is 6.29. The molecule has 0 saturated heterocycles. The van der Waals surface area contributed by atoms with Crippen LogP contribution in [0.15, 0.2) is 53.7 Å². The van der Waals surface area contributed by atoms with Crippen LogP contribution in [-0.2, 0) is 9.53 Å². The minimum Gasteiger partial charge on any atom is -0.497 e. The molecule has 3 rings (SSSR count). The molecule has 0 aromatic heterocycles. The van der Waals surface area contributed by atoms with E-state index in [-0.39, 0.29) is 5.57 Å². The predicted molar refractivity (Wildman–Crippen MR) is 110 cm³/mol. The highest BCUT2D eigenvalue weighted by molar-refractivity contribution is 7.80. The summed E-state index contributed by atoms with van der Waals surface area (Å²) in [6.45, 7) is 1.88. The van der Waals surface area contributed by atoms with Crippen molar-refractivity contribution in [3.63, 3.8) is 0 Å². The van der Waals surface area contributed by atoms with Crippen molar-refractivity contribution < 1.29 is 23.0 Å². The van der Waals surface area contributed by atoms with Crippen molar-refractivity contribution in [2.24, 2.45) is 0 Å². The summed E-state index contributed by atoms with van der Waals surface area (Å²) in [4.78, 5) is 14.4. The van der Waals surface area contributed by atoms with Crippen molar-refractivity contribution in [3.8, 4) is 5.75 Å². The monoisotopic (exact) mass is 418 g/mol. The van der Waals surface area contributed by atoms with Crippen LogP contribution in [0.5, 0.6) is 5.75 Å². The quantitative estimate of drug-likeness (QED) is 0.579. The Kier molecular flexibility index (Phi) is 6.12. The summed E-state index contributed by atoms with van der Waals surface area (Å²) in [5.41, 5.74) is 1.99. The lowest BCUT2D eigenvalue weighted by atomic mass is 9.93. The summed E-state index contributed by atoms with van der Waals surface area (Å²) in [6, 6.07) is 9.91. The molecule has 29 heavy (non-hydrogen) atoms. The molecule has 2 aromatic carbocycles. The van der Waals surface area contributed by atoms with Crippen molar-refractivity contribution in [1.82, 2.24) is 5.32 Å². The first-order chi connectivity index (χ1) is 13.9. The van der Waals surface area contributed by atoms with Gasteiger partial charge in [0.2, 0.25) is 0 Å². The van der Waals surface area contributed by atoms with Crippen LogP contribution in [0.4, 0.5) is 14.5 Å². The number of allylic oxidation sites excluding steroid dienone is 1. The Labute approximate surface area is 172 Å². The maximum Gasteiger partial charge on any atom is 0.337 e. The average Bonchev–Trinajstić information content (AvgIpc) is 2.74. The number of hydrogen-bond donors (Lipinski definition) is 1. The Morgan fingerprint density at radius 3 is 2.38 bits per heavy atom. The lowest BCUT2D eigenvalue weighted by molar-refractivity contribution is -0.136. The first kappa shape index (κ1) is 20.7. The van der Waals surface area contributed by atoms with E-state index in [4.69, 9.17) is 21.7 Å². The van der Waals surface area contributed by atoms with Crippen molar-refractivity contribution in [2.45, 2.75) is 19.4 Å². The van der Waals surface area contributed by atoms with Crippen LogP contribution in [-0.4, -0.2) is 25.3 Å². The van der Waals surface area contributed by atoms with Gasteiger partial charge in [-0.25, -0.2) is 13.6 Å². The maximum atomic E-state index is 13.8. The Balaban J connectivity index is 2.16. The van der Waals surface area contributed by atoms with Gasteiger partial charge in [0, 0.05) is 11.4 Å². The van der Waals surface area contributed by atoms with E-state index in [1.807, 2.05) is 19.1 Å². The molecule has 0 bridgehead atoms. The molecule has 152 valence electrons. The molecule has 1 aliphatic rings. The Morgan fingerprint density at radius 1 is 1.14 bits per heavy atom. The number of benzene rings is 2. The van der Waals surface area contributed by atoms with Crippen LogP contribution in [0, 0.1) is 11.6 Å². The highest BCUT2D eigenvalue weighted by atomic mass is 32.1. The highest BCUT2D eigenvalue weighted by Gasteiger charge is 2.36. The third kappa shape index (κ3) is 3.93. The number of nitrogens with zero attached hydrogens (tertiary/aromatic N) is 1. The van der Waals surface area contributed by atoms with Gasteiger partial charge in [0.15, 0.2) is 16.7 Å². The van der Waals surface area contributed by atoms with Gasteiger partial charge in [-0.15, -0.1) is 0 Å². The molecule has 0 unspecified atom stereocenters. The number of methoxy groups -OCH3 is 2. The minimum absolute atomic E-state index is 0.283. The van der Waals surface area contributed by atoms with E-state index in [0.29, 0.717) is 28.5 Å². The molecule has 1 heterocycles. The fourth-order valence-electron chi connectivity index (χ4n) is 3.31. The lowest BCUT2D eigenvalue weighted by Gasteiger charge is -2.38. The SMILES string of the molecule is CCC1=C(C(=O)OC)[C@@H](c2ccc(F)c(F)c2)NC(=S)N1c1ccc(OC)cc1. The number of carbonyl (C=O) groups is 1. The van der Waals surface area contributed by atoms with Gasteiger partial charge in [0.05, 0.1) is 25.8 Å². The van der Waals surface area contributed by atoms with Gasteiger partial charge in [-0.2, -0.15) is 0 Å². The van der Waals surface area contributed by atoms with Crippen LogP contribution >= 0.6 is 12.2 Å². The molecule has 1 aliphatic heterocycles. The highest BCUT2D eigenvalue weighted by Crippen LogP contribution is 2.36. The first-order valence-electron chi connectivity index (χ1n) is 8.92. The molecule has 0 fully saturated rings. The van der Waals surface area contributed by atoms with E-state index in [2.05, 4.69) is 5.32 Å². The normalized spacial score (nSPS) is 16.5. The Morgan fingerprint density at radius 2 is 1.83 bits per heavy atom. The van der Waals surface area contributed by atoms with Crippen LogP contribution in [0.3, 0.4) is 0 Å². The fourth-order valence-corrected chi connectivity index (χ4v) is 3.64. The van der Waals surface area contributed by atoms with Crippen molar-refractivity contribution in [3.05, 3.63) is 70.9 Å². The summed E-state index contributed by atoms with van der Waals surface area (Å²) in [5, 5.41) is 3.39. The Hall–Kier alpha value is -3.00. The standard InChI is InChI=1S/C21H20F2N2O3S/c1-4-17-18(20(26)28-3)19(12-5-10-15(22)16(23)11-12)24-21(29)25(17)13-6-8-14(27-2)9-7-13/h5-11,19H,4H2,1-3H3,(H,24,29)/t19-/m1/s1. The molecular formula is C21H20F2N2O3S. The second-order valence-corrected chi connectivity index (χ2v) is 6.68. The zero-order valence-corrected chi connectivity index (χ0v) is 17.0. The molecule has 0 aliphatic carbocycles. The minimum atomic E-state index is -1.00. The molecule has 8 heteroatoms. The average molecular weight is 418 g/mol. The number of carbonyl (C=O) groups excluding carboxylic acids is 1. The van der Waals surface area contributed by atoms with Crippen LogP contribution in [0.2, 0.25) is 0 Å². The van der Waals surface area contributed by atoms with Crippen molar-refractivity contribution >= 4 is 29.0 Å². The molecule has 0 saturated carbocycles. The van der Waals surface area contributed by atoms with E-state index >= 15 is 0 Å². The number of hydrogen-bond acceptors (Lipinski definition) is 4. The third-order valence-electron chi connectivity index (χ3n) is 4.69. The lowest BCUT2D eigenvalue weighted by Crippen LogP contribution is -2.48. The predicted octanol–water partition coefficient (Wildman–Crippen LogP) is 4.25. The molecular weight excluding hydrogens is 398 g/mol. The van der Waals surface area contributed by atoms with Gasteiger partial charge in [-0.3, -0.25) is 4.90 Å². The summed E-state index contributed by atoms with van der Waals surface area (Å²) < 4.78 is 37.4. The Bertz CT molecular complexity index is 976. The van der Waals surface area contributed by atoms with Gasteiger partial charge in [-0.1, -0.05) is 13.0 Å². The molecule has 1 N–H and O–H groups in total. The first-order valence-corrected chi connectivity index (χ1v) is 9.33. The van der Waals surface area contributed by atoms with E-state index < -0.39 is 23.6 Å². The number of ether oxygens (including phenoxy) is 2. The fraction of sp³-hybridized carbons (Fsp3) is 0.238. The molecule has 0 amide bonds. The smallest absolute Gasteiger partial charge is 0.337 e. The van der Waals surface area contributed by atoms with Gasteiger partial charge in [0.25, 0.3) is 0 Å². The van der Waals surface area contributed by atoms with E-state index in [1.165, 1.54) is 13.2 Å². The number of rotatable bonds is 5. The number of halogens is 2. The van der Waals surface area contributed by atoms with Crippen LogP contribution in [0.1, 0.15) is 24.9 Å². The molecule has 5 nitrogen and oxygen atoms in total. The molecule has 0 radical (unpaired) electrons. The number of esters is 1. The van der Waals surface area contributed by atoms with Crippen molar-refractivity contribution in [2.75, 3.05) is 19.1 Å². The third-order valence-corrected chi connectivity index (χ3v) is 4.99. The van der Waals surface area contributed by atoms with Crippen molar-refractivity contribution in [1.29, 1.82) is 0 Å². The zero-order chi connectivity index (χ0) is 21.1. The van der Waals surface area contributed by atoms with Crippen LogP contribution in [0.25, 0.3) is 0 Å². The molecule has 1 atom stereocenters. The maximum absolute atomic E-state index is 13.8. The number of nitrogens with one attached hydrogen (secondary N) is 1. The largest absolute Gasteiger partial charge is 0.497 e. The van der Waals surface area contributed by atoms with E-state index in [9.17, 15) is 13.6 Å². The summed E-state index contributed by atoms with van der Waals surface area (Å²) in [5.74, 6) is -1.87. The molecule has 2 aromatic rings. The van der Waals surface area contributed by atoms with Gasteiger partial charge >= 0.3 is 5.97 Å². The van der Waals surface area contributed by atoms with Crippen LogP contribution < -0.4 is 15.0 Å². The van der Waals surface area contributed by atoms with Gasteiger partial charge < -0.3 is 14.8 Å². The zero-order valence-electron chi connectivity index (χ0n) is 16.2. The summed E-state index contributed by atoms with van der Waals surface area (Å²) in [6.07, 6.45) is 0.457. The molecule has 0 spiro atoms. The van der Waals surface area contributed by atoms with E-state index in [0.717, 1.165) is 17.8 Å². The topological polar surface area (TPSA) is 50.8 Å².